The van der Waals surface area contributed by atoms with Gasteiger partial charge in [-0.25, -0.2) is 4.39 Å². The highest BCUT2D eigenvalue weighted by molar-refractivity contribution is 9.10. The molecule has 4 nitrogen and oxygen atoms in total. The molecule has 19 heavy (non-hydrogen) atoms. The SMILES string of the molecule is Cc1cc(F)cc(Br)c1OCC(=O)N1CCOCC1. The summed E-state index contributed by atoms with van der Waals surface area (Å²) in [5, 5.41) is 0. The molecule has 1 aliphatic rings. The molecule has 104 valence electrons. The summed E-state index contributed by atoms with van der Waals surface area (Å²) in [6.45, 7) is 3.99. The molecule has 1 aliphatic heterocycles. The van der Waals surface area contributed by atoms with Crippen molar-refractivity contribution >= 4 is 21.8 Å². The predicted molar refractivity (Wildman–Crippen MR) is 71.7 cm³/mol. The predicted octanol–water partition coefficient (Wildman–Crippen LogP) is 2.13. The Morgan fingerprint density at radius 3 is 2.79 bits per heavy atom. The summed E-state index contributed by atoms with van der Waals surface area (Å²) >= 11 is 3.23. The van der Waals surface area contributed by atoms with Crippen LogP contribution in [0.25, 0.3) is 0 Å². The topological polar surface area (TPSA) is 38.8 Å². The number of nitrogens with zero attached hydrogens (tertiary/aromatic N) is 1. The number of morpholine rings is 1. The lowest BCUT2D eigenvalue weighted by Crippen LogP contribution is -2.43. The molecular formula is C13H15BrFNO3. The third-order valence-electron chi connectivity index (χ3n) is 2.90. The Balaban J connectivity index is 1.96. The molecule has 0 unspecified atom stereocenters. The van der Waals surface area contributed by atoms with Crippen LogP contribution in [-0.4, -0.2) is 43.7 Å². The van der Waals surface area contributed by atoms with Crippen LogP contribution in [0.15, 0.2) is 16.6 Å². The first-order chi connectivity index (χ1) is 9.08. The highest BCUT2D eigenvalue weighted by atomic mass is 79.9. The molecule has 1 saturated heterocycles. The van der Waals surface area contributed by atoms with Crippen molar-refractivity contribution in [1.82, 2.24) is 4.90 Å². The number of rotatable bonds is 3. The Morgan fingerprint density at radius 2 is 2.16 bits per heavy atom. The van der Waals surface area contributed by atoms with E-state index in [4.69, 9.17) is 9.47 Å². The molecule has 6 heteroatoms. The minimum atomic E-state index is -0.337. The van der Waals surface area contributed by atoms with Gasteiger partial charge in [-0.1, -0.05) is 0 Å². The lowest BCUT2D eigenvalue weighted by atomic mass is 10.2. The normalized spacial score (nSPS) is 15.4. The molecule has 1 aromatic rings. The number of benzene rings is 1. The van der Waals surface area contributed by atoms with E-state index < -0.39 is 0 Å². The molecule has 0 aromatic heterocycles. The van der Waals surface area contributed by atoms with Crippen LogP contribution in [-0.2, 0) is 9.53 Å². The van der Waals surface area contributed by atoms with Crippen LogP contribution in [0.2, 0.25) is 0 Å². The van der Waals surface area contributed by atoms with Gasteiger partial charge in [0.15, 0.2) is 6.61 Å². The van der Waals surface area contributed by atoms with Gasteiger partial charge in [0.1, 0.15) is 11.6 Å². The van der Waals surface area contributed by atoms with Gasteiger partial charge >= 0.3 is 0 Å². The molecular weight excluding hydrogens is 317 g/mol. The molecule has 0 N–H and O–H groups in total. The first-order valence-corrected chi connectivity index (χ1v) is 6.81. The van der Waals surface area contributed by atoms with Crippen molar-refractivity contribution in [1.29, 1.82) is 0 Å². The van der Waals surface area contributed by atoms with Crippen molar-refractivity contribution in [3.8, 4) is 5.75 Å². The van der Waals surface area contributed by atoms with Gasteiger partial charge in [-0.3, -0.25) is 4.79 Å². The summed E-state index contributed by atoms with van der Waals surface area (Å²) in [5.74, 6) is 0.0816. The summed E-state index contributed by atoms with van der Waals surface area (Å²) in [7, 11) is 0. The van der Waals surface area contributed by atoms with Crippen LogP contribution in [0, 0.1) is 12.7 Å². The Morgan fingerprint density at radius 1 is 1.47 bits per heavy atom. The Kier molecular flexibility index (Phi) is 4.76. The molecule has 1 fully saturated rings. The molecule has 1 amide bonds. The van der Waals surface area contributed by atoms with Gasteiger partial charge in [-0.2, -0.15) is 0 Å². The van der Waals surface area contributed by atoms with Gasteiger partial charge in [-0.15, -0.1) is 0 Å². The number of aryl methyl sites for hydroxylation is 1. The average Bonchev–Trinajstić information content (AvgIpc) is 2.38. The maximum Gasteiger partial charge on any atom is 0.260 e. The van der Waals surface area contributed by atoms with Gasteiger partial charge < -0.3 is 14.4 Å². The number of halogens is 2. The number of hydrogen-bond donors (Lipinski definition) is 0. The molecule has 0 radical (unpaired) electrons. The smallest absolute Gasteiger partial charge is 0.260 e. The van der Waals surface area contributed by atoms with E-state index in [0.717, 1.165) is 0 Å². The molecule has 0 bridgehead atoms. The summed E-state index contributed by atoms with van der Waals surface area (Å²) in [6, 6.07) is 2.70. The van der Waals surface area contributed by atoms with Crippen molar-refractivity contribution < 1.29 is 18.7 Å². The molecule has 0 aliphatic carbocycles. The fourth-order valence-electron chi connectivity index (χ4n) is 1.91. The van der Waals surface area contributed by atoms with Crippen molar-refractivity contribution in [2.75, 3.05) is 32.9 Å². The Labute approximate surface area is 119 Å². The van der Waals surface area contributed by atoms with Crippen molar-refractivity contribution in [2.45, 2.75) is 6.92 Å². The maximum absolute atomic E-state index is 13.1. The largest absolute Gasteiger partial charge is 0.482 e. The Bertz CT molecular complexity index is 452. The van der Waals surface area contributed by atoms with E-state index in [2.05, 4.69) is 15.9 Å². The summed E-state index contributed by atoms with van der Waals surface area (Å²) < 4.78 is 24.3. The minimum Gasteiger partial charge on any atom is -0.482 e. The number of hydrogen-bond acceptors (Lipinski definition) is 3. The molecule has 0 spiro atoms. The van der Waals surface area contributed by atoms with E-state index in [-0.39, 0.29) is 18.3 Å². The van der Waals surface area contributed by atoms with Gasteiger partial charge in [0.25, 0.3) is 5.91 Å². The third kappa shape index (κ3) is 3.67. The Hall–Kier alpha value is -1.14. The molecule has 0 atom stereocenters. The first kappa shape index (κ1) is 14.3. The molecule has 0 saturated carbocycles. The van der Waals surface area contributed by atoms with Gasteiger partial charge in [0.2, 0.25) is 0 Å². The molecule has 1 aromatic carbocycles. The zero-order valence-corrected chi connectivity index (χ0v) is 12.2. The second-order valence-electron chi connectivity index (χ2n) is 4.32. The van der Waals surface area contributed by atoms with Crippen molar-refractivity contribution in [2.24, 2.45) is 0 Å². The van der Waals surface area contributed by atoms with Gasteiger partial charge in [0.05, 0.1) is 17.7 Å². The van der Waals surface area contributed by atoms with Crippen LogP contribution >= 0.6 is 15.9 Å². The van der Waals surface area contributed by atoms with Crippen LogP contribution in [0.5, 0.6) is 5.75 Å². The summed E-state index contributed by atoms with van der Waals surface area (Å²) in [5.41, 5.74) is 0.654. The number of carbonyl (C=O) groups is 1. The number of amides is 1. The molecule has 2 rings (SSSR count). The zero-order chi connectivity index (χ0) is 13.8. The van der Waals surface area contributed by atoms with Gasteiger partial charge in [0, 0.05) is 13.1 Å². The lowest BCUT2D eigenvalue weighted by Gasteiger charge is -2.26. The second kappa shape index (κ2) is 6.34. The van der Waals surface area contributed by atoms with E-state index in [1.54, 1.807) is 11.8 Å². The third-order valence-corrected chi connectivity index (χ3v) is 3.49. The fraction of sp³-hybridized carbons (Fsp3) is 0.462. The van der Waals surface area contributed by atoms with E-state index in [1.165, 1.54) is 12.1 Å². The quantitative estimate of drug-likeness (QED) is 0.851. The highest BCUT2D eigenvalue weighted by Gasteiger charge is 2.18. The van der Waals surface area contributed by atoms with Crippen LogP contribution in [0.4, 0.5) is 4.39 Å². The van der Waals surface area contributed by atoms with Crippen LogP contribution < -0.4 is 4.74 Å². The monoisotopic (exact) mass is 331 g/mol. The average molecular weight is 332 g/mol. The van der Waals surface area contributed by atoms with E-state index in [0.29, 0.717) is 42.1 Å². The summed E-state index contributed by atoms with van der Waals surface area (Å²) in [4.78, 5) is 13.6. The van der Waals surface area contributed by atoms with E-state index in [1.807, 2.05) is 0 Å². The van der Waals surface area contributed by atoms with Gasteiger partial charge in [-0.05, 0) is 40.5 Å². The zero-order valence-electron chi connectivity index (χ0n) is 10.6. The summed E-state index contributed by atoms with van der Waals surface area (Å²) in [6.07, 6.45) is 0. The maximum atomic E-state index is 13.1. The lowest BCUT2D eigenvalue weighted by molar-refractivity contribution is -0.137. The minimum absolute atomic E-state index is 0.0505. The fourth-order valence-corrected chi connectivity index (χ4v) is 2.56. The van der Waals surface area contributed by atoms with E-state index in [9.17, 15) is 9.18 Å². The van der Waals surface area contributed by atoms with Crippen LogP contribution in [0.3, 0.4) is 0 Å². The van der Waals surface area contributed by atoms with Crippen molar-refractivity contribution in [3.63, 3.8) is 0 Å². The second-order valence-corrected chi connectivity index (χ2v) is 5.17. The standard InChI is InChI=1S/C13H15BrFNO3/c1-9-6-10(15)7-11(14)13(9)19-8-12(17)16-2-4-18-5-3-16/h6-7H,2-5,8H2,1H3. The number of ether oxygens (including phenoxy) is 2. The van der Waals surface area contributed by atoms with E-state index >= 15 is 0 Å². The first-order valence-electron chi connectivity index (χ1n) is 6.02. The highest BCUT2D eigenvalue weighted by Crippen LogP contribution is 2.29. The van der Waals surface area contributed by atoms with Crippen LogP contribution in [0.1, 0.15) is 5.56 Å². The van der Waals surface area contributed by atoms with Crippen molar-refractivity contribution in [3.05, 3.63) is 28.0 Å². The molecule has 1 heterocycles. The number of carbonyl (C=O) groups excluding carboxylic acids is 1.